The molecule has 1 aliphatic heterocycles. The van der Waals surface area contributed by atoms with Crippen molar-refractivity contribution < 1.29 is 22.7 Å². The zero-order chi connectivity index (χ0) is 15.3. The molecule has 0 amide bonds. The van der Waals surface area contributed by atoms with E-state index >= 15 is 0 Å². The van der Waals surface area contributed by atoms with Crippen LogP contribution in [-0.4, -0.2) is 50.8 Å². The van der Waals surface area contributed by atoms with Crippen molar-refractivity contribution in [3.8, 4) is 5.75 Å². The summed E-state index contributed by atoms with van der Waals surface area (Å²) < 4.78 is 41.1. The lowest BCUT2D eigenvalue weighted by molar-refractivity contribution is 0.103. The second-order valence-electron chi connectivity index (χ2n) is 5.32. The van der Waals surface area contributed by atoms with E-state index in [0.29, 0.717) is 13.0 Å². The van der Waals surface area contributed by atoms with Gasteiger partial charge in [0.1, 0.15) is 12.7 Å². The average Bonchev–Trinajstić information content (AvgIpc) is 2.77. The first kappa shape index (κ1) is 16.2. The minimum absolute atomic E-state index is 0.0170. The number of para-hydroxylation sites is 1. The number of hydrogen-bond acceptors (Lipinski definition) is 5. The SMILES string of the molecule is O=S1(=O)CCC(CNCC(O)COc2ccccc2F)C1. The number of hydrogen-bond donors (Lipinski definition) is 2. The zero-order valence-electron chi connectivity index (χ0n) is 11.7. The van der Waals surface area contributed by atoms with Crippen molar-refractivity contribution in [2.45, 2.75) is 12.5 Å². The van der Waals surface area contributed by atoms with Crippen LogP contribution in [0.3, 0.4) is 0 Å². The van der Waals surface area contributed by atoms with E-state index in [1.807, 2.05) is 0 Å². The fourth-order valence-corrected chi connectivity index (χ4v) is 4.16. The number of sulfone groups is 1. The molecule has 1 aromatic rings. The number of aliphatic hydroxyl groups excluding tert-OH is 1. The number of halogens is 1. The molecule has 0 aliphatic carbocycles. The van der Waals surface area contributed by atoms with Crippen LogP contribution in [0.25, 0.3) is 0 Å². The van der Waals surface area contributed by atoms with Gasteiger partial charge in [0.2, 0.25) is 0 Å². The summed E-state index contributed by atoms with van der Waals surface area (Å²) in [5, 5.41) is 12.8. The van der Waals surface area contributed by atoms with Gasteiger partial charge in [0.25, 0.3) is 0 Å². The van der Waals surface area contributed by atoms with E-state index in [-0.39, 0.29) is 36.3 Å². The van der Waals surface area contributed by atoms with Gasteiger partial charge in [-0.1, -0.05) is 12.1 Å². The van der Waals surface area contributed by atoms with Gasteiger partial charge in [-0.3, -0.25) is 0 Å². The Bertz CT molecular complexity index is 564. The maximum Gasteiger partial charge on any atom is 0.165 e. The lowest BCUT2D eigenvalue weighted by Crippen LogP contribution is -2.34. The van der Waals surface area contributed by atoms with Crippen LogP contribution in [0.5, 0.6) is 5.75 Å². The molecule has 21 heavy (non-hydrogen) atoms. The number of benzene rings is 1. The van der Waals surface area contributed by atoms with Crippen molar-refractivity contribution in [1.82, 2.24) is 5.32 Å². The molecule has 2 N–H and O–H groups in total. The molecular weight excluding hydrogens is 297 g/mol. The van der Waals surface area contributed by atoms with Crippen LogP contribution in [0.4, 0.5) is 4.39 Å². The van der Waals surface area contributed by atoms with Crippen molar-refractivity contribution in [1.29, 1.82) is 0 Å². The molecule has 1 aliphatic rings. The van der Waals surface area contributed by atoms with Gasteiger partial charge in [0.15, 0.2) is 21.4 Å². The molecule has 0 saturated carbocycles. The molecule has 2 atom stereocenters. The Morgan fingerprint density at radius 3 is 2.86 bits per heavy atom. The van der Waals surface area contributed by atoms with E-state index in [9.17, 15) is 17.9 Å². The zero-order valence-corrected chi connectivity index (χ0v) is 12.5. The van der Waals surface area contributed by atoms with Crippen molar-refractivity contribution in [2.75, 3.05) is 31.2 Å². The smallest absolute Gasteiger partial charge is 0.165 e. The first-order valence-corrected chi connectivity index (χ1v) is 8.75. The van der Waals surface area contributed by atoms with Crippen LogP contribution in [-0.2, 0) is 9.84 Å². The molecule has 2 unspecified atom stereocenters. The highest BCUT2D eigenvalue weighted by Gasteiger charge is 2.27. The minimum Gasteiger partial charge on any atom is -0.488 e. The van der Waals surface area contributed by atoms with E-state index in [4.69, 9.17) is 4.74 Å². The Kier molecular flexibility index (Phi) is 5.55. The third-order valence-electron chi connectivity index (χ3n) is 3.41. The molecule has 118 valence electrons. The van der Waals surface area contributed by atoms with Gasteiger partial charge in [-0.2, -0.15) is 0 Å². The Labute approximate surface area is 124 Å². The summed E-state index contributed by atoms with van der Waals surface area (Å²) in [5.41, 5.74) is 0. The number of rotatable bonds is 7. The summed E-state index contributed by atoms with van der Waals surface area (Å²) in [6.07, 6.45) is -0.112. The first-order valence-electron chi connectivity index (χ1n) is 6.93. The highest BCUT2D eigenvalue weighted by molar-refractivity contribution is 7.91. The molecule has 5 nitrogen and oxygen atoms in total. The molecule has 7 heteroatoms. The van der Waals surface area contributed by atoms with Crippen LogP contribution in [0, 0.1) is 11.7 Å². The quantitative estimate of drug-likeness (QED) is 0.770. The maximum absolute atomic E-state index is 13.3. The van der Waals surface area contributed by atoms with Gasteiger partial charge < -0.3 is 15.2 Å². The number of aliphatic hydroxyl groups is 1. The van der Waals surface area contributed by atoms with Gasteiger partial charge in [0.05, 0.1) is 11.5 Å². The minimum atomic E-state index is -2.87. The third-order valence-corrected chi connectivity index (χ3v) is 5.24. The molecule has 1 aromatic carbocycles. The van der Waals surface area contributed by atoms with Crippen molar-refractivity contribution in [3.05, 3.63) is 30.1 Å². The molecular formula is C14H20FNO4S. The average molecular weight is 317 g/mol. The molecule has 0 spiro atoms. The van der Waals surface area contributed by atoms with Gasteiger partial charge in [-0.15, -0.1) is 0 Å². The van der Waals surface area contributed by atoms with Gasteiger partial charge in [-0.05, 0) is 31.0 Å². The van der Waals surface area contributed by atoms with E-state index in [2.05, 4.69) is 5.32 Å². The molecule has 0 bridgehead atoms. The van der Waals surface area contributed by atoms with Gasteiger partial charge in [0, 0.05) is 6.54 Å². The highest BCUT2D eigenvalue weighted by Crippen LogP contribution is 2.17. The summed E-state index contributed by atoms with van der Waals surface area (Å²) in [5.74, 6) is 0.210. The highest BCUT2D eigenvalue weighted by atomic mass is 32.2. The standard InChI is InChI=1S/C14H20FNO4S/c15-13-3-1-2-4-14(13)20-9-12(17)8-16-7-11-5-6-21(18,19)10-11/h1-4,11-12,16-17H,5-10H2. The largest absolute Gasteiger partial charge is 0.488 e. The van der Waals surface area contributed by atoms with Crippen molar-refractivity contribution in [3.63, 3.8) is 0 Å². The summed E-state index contributed by atoms with van der Waals surface area (Å²) in [4.78, 5) is 0. The number of ether oxygens (including phenoxy) is 1. The van der Waals surface area contributed by atoms with Crippen LogP contribution < -0.4 is 10.1 Å². The fraction of sp³-hybridized carbons (Fsp3) is 0.571. The summed E-state index contributed by atoms with van der Waals surface area (Å²) >= 11 is 0. The van der Waals surface area contributed by atoms with Crippen LogP contribution >= 0.6 is 0 Å². The lowest BCUT2D eigenvalue weighted by atomic mass is 10.1. The molecule has 0 aromatic heterocycles. The molecule has 1 fully saturated rings. The first-order chi connectivity index (χ1) is 9.96. The second-order valence-corrected chi connectivity index (χ2v) is 7.55. The van der Waals surface area contributed by atoms with Gasteiger partial charge in [-0.25, -0.2) is 12.8 Å². The van der Waals surface area contributed by atoms with Crippen molar-refractivity contribution in [2.24, 2.45) is 5.92 Å². The predicted octanol–water partition coefficient (Wildman–Crippen LogP) is 0.590. The van der Waals surface area contributed by atoms with E-state index in [0.717, 1.165) is 0 Å². The van der Waals surface area contributed by atoms with Crippen LogP contribution in [0.1, 0.15) is 6.42 Å². The second kappa shape index (κ2) is 7.20. The summed E-state index contributed by atoms with van der Waals surface area (Å²) in [7, 11) is -2.87. The normalized spacial score (nSPS) is 22.1. The molecule has 1 saturated heterocycles. The van der Waals surface area contributed by atoms with E-state index in [1.54, 1.807) is 12.1 Å². The van der Waals surface area contributed by atoms with Crippen molar-refractivity contribution >= 4 is 9.84 Å². The topological polar surface area (TPSA) is 75.6 Å². The summed E-state index contributed by atoms with van der Waals surface area (Å²) in [6, 6.07) is 6.01. The third kappa shape index (κ3) is 5.26. The molecule has 0 radical (unpaired) electrons. The Balaban J connectivity index is 1.64. The Morgan fingerprint density at radius 1 is 1.43 bits per heavy atom. The summed E-state index contributed by atoms with van der Waals surface area (Å²) in [6.45, 7) is 0.817. The van der Waals surface area contributed by atoms with Crippen LogP contribution in [0.2, 0.25) is 0 Å². The maximum atomic E-state index is 13.3. The number of nitrogens with one attached hydrogen (secondary N) is 1. The monoisotopic (exact) mass is 317 g/mol. The lowest BCUT2D eigenvalue weighted by Gasteiger charge is -2.15. The van der Waals surface area contributed by atoms with E-state index < -0.39 is 21.8 Å². The predicted molar refractivity (Wildman–Crippen MR) is 77.5 cm³/mol. The van der Waals surface area contributed by atoms with Gasteiger partial charge >= 0.3 is 0 Å². The Morgan fingerprint density at radius 2 is 2.19 bits per heavy atom. The van der Waals surface area contributed by atoms with E-state index in [1.165, 1.54) is 12.1 Å². The Hall–Kier alpha value is -1.18. The molecule has 2 rings (SSSR count). The molecule has 1 heterocycles. The van der Waals surface area contributed by atoms with Crippen LogP contribution in [0.15, 0.2) is 24.3 Å². The fourth-order valence-electron chi connectivity index (χ4n) is 2.29.